The number of carbonyl (C=O) groups is 2. The molecule has 3 N–H and O–H groups in total. The molecule has 5 nitrogen and oxygen atoms in total. The van der Waals surface area contributed by atoms with Crippen LogP contribution in [0.15, 0.2) is 0 Å². The fraction of sp³-hybridized carbons (Fsp3) is 0.800. The molecule has 0 saturated carbocycles. The monoisotopic (exact) mass is 216 g/mol. The van der Waals surface area contributed by atoms with Crippen LogP contribution in [0.2, 0.25) is 0 Å². The van der Waals surface area contributed by atoms with Gasteiger partial charge in [-0.2, -0.15) is 0 Å². The van der Waals surface area contributed by atoms with Crippen LogP contribution >= 0.6 is 0 Å². The first-order chi connectivity index (χ1) is 6.97. The zero-order valence-electron chi connectivity index (χ0n) is 10.0. The highest BCUT2D eigenvalue weighted by atomic mass is 16.2. The van der Waals surface area contributed by atoms with Gasteiger partial charge < -0.3 is 15.5 Å². The Bertz CT molecular complexity index is 217. The van der Waals surface area contributed by atoms with E-state index in [1.165, 1.54) is 4.90 Å². The Balaban J connectivity index is 3.75. The lowest BCUT2D eigenvalue weighted by Gasteiger charge is -2.11. The van der Waals surface area contributed by atoms with E-state index in [0.717, 1.165) is 13.0 Å². The molecular weight excluding hydrogens is 194 g/mol. The third-order valence-corrected chi connectivity index (χ3v) is 2.11. The van der Waals surface area contributed by atoms with Crippen molar-refractivity contribution in [2.24, 2.45) is 0 Å². The number of carbonyl (C=O) groups excluding carboxylic acids is 2. The highest BCUT2D eigenvalue weighted by Crippen LogP contribution is 1.86. The molecular formula is C10H22N3O2+. The number of rotatable bonds is 5. The predicted octanol–water partition coefficient (Wildman–Crippen LogP) is -1.84. The van der Waals surface area contributed by atoms with Gasteiger partial charge in [0.2, 0.25) is 0 Å². The second-order valence-corrected chi connectivity index (χ2v) is 4.00. The molecule has 88 valence electrons. The lowest BCUT2D eigenvalue weighted by molar-refractivity contribution is -0.856. The molecule has 0 rings (SSSR count). The summed E-state index contributed by atoms with van der Waals surface area (Å²) in [6.45, 7) is 5.16. The van der Waals surface area contributed by atoms with Gasteiger partial charge in [-0.3, -0.25) is 9.59 Å². The second kappa shape index (κ2) is 7.23. The number of nitrogens with one attached hydrogen (secondary N) is 3. The summed E-state index contributed by atoms with van der Waals surface area (Å²) in [6.07, 6.45) is 0.820. The van der Waals surface area contributed by atoms with Gasteiger partial charge in [0, 0.05) is 6.04 Å². The molecule has 15 heavy (non-hydrogen) atoms. The van der Waals surface area contributed by atoms with Crippen LogP contribution in [0, 0.1) is 0 Å². The van der Waals surface area contributed by atoms with E-state index in [0.29, 0.717) is 6.54 Å². The van der Waals surface area contributed by atoms with Crippen molar-refractivity contribution in [2.75, 3.05) is 27.2 Å². The van der Waals surface area contributed by atoms with E-state index in [1.54, 1.807) is 0 Å². The molecule has 0 radical (unpaired) electrons. The van der Waals surface area contributed by atoms with E-state index >= 15 is 0 Å². The fourth-order valence-electron chi connectivity index (χ4n) is 0.898. The predicted molar refractivity (Wildman–Crippen MR) is 58.6 cm³/mol. The average molecular weight is 216 g/mol. The topological polar surface area (TPSA) is 62.6 Å². The molecule has 1 atom stereocenters. The zero-order chi connectivity index (χ0) is 11.8. The molecule has 2 amide bonds. The highest BCUT2D eigenvalue weighted by molar-refractivity contribution is 6.35. The lowest BCUT2D eigenvalue weighted by Crippen LogP contribution is -3.06. The van der Waals surface area contributed by atoms with Crippen LogP contribution < -0.4 is 15.5 Å². The van der Waals surface area contributed by atoms with Crippen molar-refractivity contribution in [3.63, 3.8) is 0 Å². The van der Waals surface area contributed by atoms with Crippen molar-refractivity contribution in [3.05, 3.63) is 0 Å². The molecule has 0 heterocycles. The second-order valence-electron chi connectivity index (χ2n) is 4.00. The van der Waals surface area contributed by atoms with Gasteiger partial charge in [-0.15, -0.1) is 0 Å². The number of likely N-dealkylation sites (N-methyl/N-ethyl adjacent to an activating group) is 1. The Hall–Kier alpha value is -1.10. The number of amides is 2. The van der Waals surface area contributed by atoms with E-state index in [-0.39, 0.29) is 6.04 Å². The first kappa shape index (κ1) is 13.9. The van der Waals surface area contributed by atoms with Crippen molar-refractivity contribution in [1.82, 2.24) is 10.6 Å². The fourth-order valence-corrected chi connectivity index (χ4v) is 0.898. The van der Waals surface area contributed by atoms with E-state index in [9.17, 15) is 9.59 Å². The first-order valence-electron chi connectivity index (χ1n) is 5.35. The lowest BCUT2D eigenvalue weighted by atomic mass is 10.2. The smallest absolute Gasteiger partial charge is 0.309 e. The standard InChI is InChI=1S/C10H21N3O2/c1-5-8(2)12-10(15)9(14)11-6-7-13(3)4/h8H,5-7H2,1-4H3,(H,11,14)(H,12,15)/p+1/t8-/m1/s1. The zero-order valence-corrected chi connectivity index (χ0v) is 10.0. The Morgan fingerprint density at radius 3 is 2.33 bits per heavy atom. The normalized spacial score (nSPS) is 12.3. The van der Waals surface area contributed by atoms with Gasteiger partial charge >= 0.3 is 11.8 Å². The number of hydrogen-bond donors (Lipinski definition) is 3. The molecule has 0 aliphatic rings. The summed E-state index contributed by atoms with van der Waals surface area (Å²) in [7, 11) is 3.98. The van der Waals surface area contributed by atoms with Gasteiger partial charge in [0.15, 0.2) is 0 Å². The molecule has 0 fully saturated rings. The molecule has 5 heteroatoms. The third-order valence-electron chi connectivity index (χ3n) is 2.11. The molecule has 0 spiro atoms. The first-order valence-corrected chi connectivity index (χ1v) is 5.35. The van der Waals surface area contributed by atoms with Crippen LogP contribution in [0.3, 0.4) is 0 Å². The Labute approximate surface area is 91.2 Å². The highest BCUT2D eigenvalue weighted by Gasteiger charge is 2.14. The minimum Gasteiger partial charge on any atom is -0.345 e. The van der Waals surface area contributed by atoms with E-state index in [2.05, 4.69) is 10.6 Å². The van der Waals surface area contributed by atoms with Crippen molar-refractivity contribution in [1.29, 1.82) is 0 Å². The molecule has 0 aromatic heterocycles. The molecule has 0 unspecified atom stereocenters. The van der Waals surface area contributed by atoms with Gasteiger partial charge in [-0.05, 0) is 13.3 Å². The Morgan fingerprint density at radius 1 is 1.27 bits per heavy atom. The van der Waals surface area contributed by atoms with Crippen LogP contribution in [-0.2, 0) is 9.59 Å². The van der Waals surface area contributed by atoms with E-state index in [1.807, 2.05) is 27.9 Å². The summed E-state index contributed by atoms with van der Waals surface area (Å²) >= 11 is 0. The van der Waals surface area contributed by atoms with E-state index in [4.69, 9.17) is 0 Å². The largest absolute Gasteiger partial charge is 0.345 e. The Morgan fingerprint density at radius 2 is 1.87 bits per heavy atom. The van der Waals surface area contributed by atoms with Crippen LogP contribution in [0.5, 0.6) is 0 Å². The van der Waals surface area contributed by atoms with Crippen LogP contribution in [0.4, 0.5) is 0 Å². The minimum atomic E-state index is -0.545. The van der Waals surface area contributed by atoms with Gasteiger partial charge in [-0.25, -0.2) is 0 Å². The molecule has 0 aromatic carbocycles. The number of hydrogen-bond acceptors (Lipinski definition) is 2. The summed E-state index contributed by atoms with van der Waals surface area (Å²) in [4.78, 5) is 23.7. The number of quaternary nitrogens is 1. The quantitative estimate of drug-likeness (QED) is 0.473. The van der Waals surface area contributed by atoms with Gasteiger partial charge in [0.05, 0.1) is 27.2 Å². The van der Waals surface area contributed by atoms with Crippen molar-refractivity contribution >= 4 is 11.8 Å². The van der Waals surface area contributed by atoms with Crippen molar-refractivity contribution < 1.29 is 14.5 Å². The summed E-state index contributed by atoms with van der Waals surface area (Å²) in [5.41, 5.74) is 0. The molecule has 0 aliphatic carbocycles. The third kappa shape index (κ3) is 6.90. The average Bonchev–Trinajstić information content (AvgIpc) is 2.16. The van der Waals surface area contributed by atoms with Crippen LogP contribution in [-0.4, -0.2) is 45.0 Å². The van der Waals surface area contributed by atoms with Gasteiger partial charge in [0.25, 0.3) is 0 Å². The van der Waals surface area contributed by atoms with Crippen LogP contribution in [0.1, 0.15) is 20.3 Å². The maximum absolute atomic E-state index is 11.3. The molecule has 0 aromatic rings. The molecule has 0 aliphatic heterocycles. The molecule has 0 bridgehead atoms. The minimum absolute atomic E-state index is 0.0442. The maximum Gasteiger partial charge on any atom is 0.309 e. The SMILES string of the molecule is CC[C@@H](C)NC(=O)C(=O)NCC[NH+](C)C. The summed E-state index contributed by atoms with van der Waals surface area (Å²) in [5, 5.41) is 5.18. The van der Waals surface area contributed by atoms with Crippen molar-refractivity contribution in [2.45, 2.75) is 26.3 Å². The Kier molecular flexibility index (Phi) is 6.70. The maximum atomic E-state index is 11.3. The summed E-state index contributed by atoms with van der Waals surface area (Å²) in [6, 6.07) is 0.0442. The van der Waals surface area contributed by atoms with Gasteiger partial charge in [0.1, 0.15) is 0 Å². The van der Waals surface area contributed by atoms with Gasteiger partial charge in [-0.1, -0.05) is 6.92 Å². The summed E-state index contributed by atoms with van der Waals surface area (Å²) in [5.74, 6) is -1.09. The molecule has 0 saturated heterocycles. The van der Waals surface area contributed by atoms with Crippen molar-refractivity contribution in [3.8, 4) is 0 Å². The van der Waals surface area contributed by atoms with E-state index < -0.39 is 11.8 Å². The summed E-state index contributed by atoms with van der Waals surface area (Å²) < 4.78 is 0. The van der Waals surface area contributed by atoms with Crippen LogP contribution in [0.25, 0.3) is 0 Å².